The average molecular weight is 326 g/mol. The van der Waals surface area contributed by atoms with Crippen molar-refractivity contribution in [1.82, 2.24) is 4.90 Å². The van der Waals surface area contributed by atoms with Crippen molar-refractivity contribution in [2.75, 3.05) is 19.6 Å². The van der Waals surface area contributed by atoms with Crippen LogP contribution in [0, 0.1) is 0 Å². The number of likely N-dealkylation sites (tertiary alicyclic amines) is 1. The molecule has 1 unspecified atom stereocenters. The minimum atomic E-state index is -0.00452. The van der Waals surface area contributed by atoms with Crippen LogP contribution >= 0.6 is 0 Å². The van der Waals surface area contributed by atoms with Gasteiger partial charge in [-0.05, 0) is 37.4 Å². The summed E-state index contributed by atoms with van der Waals surface area (Å²) in [5.74, 6) is 0.249. The number of rotatable bonds is 5. The van der Waals surface area contributed by atoms with Gasteiger partial charge in [-0.1, -0.05) is 37.3 Å². The molecule has 2 atom stereocenters. The minimum Gasteiger partial charge on any atom is -0.511 e. The number of allylic oxidation sites excluding steroid dienone is 2. The van der Waals surface area contributed by atoms with Gasteiger partial charge in [0.05, 0.1) is 12.1 Å². The molecule has 4 heteroatoms. The highest BCUT2D eigenvalue weighted by molar-refractivity contribution is 6.14. The largest absolute Gasteiger partial charge is 0.511 e. The third-order valence-electron chi connectivity index (χ3n) is 5.20. The van der Waals surface area contributed by atoms with Gasteiger partial charge in [0.2, 0.25) is 0 Å². The Labute approximate surface area is 143 Å². The third-order valence-corrected chi connectivity index (χ3v) is 5.20. The third kappa shape index (κ3) is 3.75. The normalized spacial score (nSPS) is 25.8. The summed E-state index contributed by atoms with van der Waals surface area (Å²) in [5.41, 5.74) is 1.51. The van der Waals surface area contributed by atoms with Crippen LogP contribution in [0.3, 0.4) is 0 Å². The van der Waals surface area contributed by atoms with E-state index in [0.717, 1.165) is 18.7 Å². The van der Waals surface area contributed by atoms with Crippen molar-refractivity contribution in [1.29, 1.82) is 0 Å². The number of aliphatic imine (C=N–C) groups is 1. The lowest BCUT2D eigenvalue weighted by Crippen LogP contribution is -2.31. The van der Waals surface area contributed by atoms with E-state index in [4.69, 9.17) is 0 Å². The molecule has 2 aliphatic rings. The average Bonchev–Trinajstić information content (AvgIpc) is 3.05. The van der Waals surface area contributed by atoms with E-state index in [1.54, 1.807) is 6.21 Å². The lowest BCUT2D eigenvalue weighted by molar-refractivity contribution is -0.116. The fraction of sp³-hybridized carbons (Fsp3) is 0.500. The summed E-state index contributed by atoms with van der Waals surface area (Å²) in [5, 5.41) is 10.3. The lowest BCUT2D eigenvalue weighted by atomic mass is 9.83. The summed E-state index contributed by atoms with van der Waals surface area (Å²) in [7, 11) is 0. The number of ketones is 1. The van der Waals surface area contributed by atoms with Crippen LogP contribution in [0.4, 0.5) is 0 Å². The molecule has 1 aromatic rings. The van der Waals surface area contributed by atoms with Gasteiger partial charge in [-0.25, -0.2) is 0 Å². The van der Waals surface area contributed by atoms with Gasteiger partial charge in [0, 0.05) is 25.1 Å². The molecule has 0 aromatic heterocycles. The Morgan fingerprint density at radius 3 is 2.79 bits per heavy atom. The molecule has 1 saturated heterocycles. The molecular formula is C20H26N2O2. The first-order valence-corrected chi connectivity index (χ1v) is 8.93. The number of hydrogen-bond donors (Lipinski definition) is 1. The second-order valence-corrected chi connectivity index (χ2v) is 6.72. The van der Waals surface area contributed by atoms with E-state index in [1.165, 1.54) is 12.8 Å². The molecule has 3 rings (SSSR count). The second kappa shape index (κ2) is 7.75. The smallest absolute Gasteiger partial charge is 0.168 e. The highest BCUT2D eigenvalue weighted by Gasteiger charge is 2.28. The van der Waals surface area contributed by atoms with Gasteiger partial charge in [0.1, 0.15) is 5.76 Å². The molecule has 1 aliphatic heterocycles. The zero-order chi connectivity index (χ0) is 16.9. The van der Waals surface area contributed by atoms with Crippen molar-refractivity contribution in [2.24, 2.45) is 4.99 Å². The minimum absolute atomic E-state index is 0.00452. The SMILES string of the molecule is CCN1CCC[C@H]1CN=CC1=C(O)CC(c2ccccc2)CC1=O. The molecule has 1 fully saturated rings. The Morgan fingerprint density at radius 1 is 1.29 bits per heavy atom. The molecule has 0 saturated carbocycles. The first kappa shape index (κ1) is 16.9. The summed E-state index contributed by atoms with van der Waals surface area (Å²) in [4.78, 5) is 19.3. The highest BCUT2D eigenvalue weighted by atomic mass is 16.3. The summed E-state index contributed by atoms with van der Waals surface area (Å²) >= 11 is 0. The topological polar surface area (TPSA) is 52.9 Å². The van der Waals surface area contributed by atoms with Crippen molar-refractivity contribution in [3.05, 3.63) is 47.2 Å². The van der Waals surface area contributed by atoms with E-state index >= 15 is 0 Å². The Balaban J connectivity index is 1.65. The van der Waals surface area contributed by atoms with Crippen LogP contribution < -0.4 is 0 Å². The van der Waals surface area contributed by atoms with E-state index in [0.29, 0.717) is 31.0 Å². The van der Waals surface area contributed by atoms with Gasteiger partial charge < -0.3 is 5.11 Å². The van der Waals surface area contributed by atoms with Crippen molar-refractivity contribution >= 4 is 12.0 Å². The van der Waals surface area contributed by atoms with Gasteiger partial charge in [-0.3, -0.25) is 14.7 Å². The summed E-state index contributed by atoms with van der Waals surface area (Å²) in [6, 6.07) is 10.4. The summed E-state index contributed by atoms with van der Waals surface area (Å²) in [6.45, 7) is 5.07. The summed E-state index contributed by atoms with van der Waals surface area (Å²) in [6.07, 6.45) is 4.95. The van der Waals surface area contributed by atoms with Crippen molar-refractivity contribution in [3.8, 4) is 0 Å². The predicted molar refractivity (Wildman–Crippen MR) is 96.7 cm³/mol. The van der Waals surface area contributed by atoms with Crippen molar-refractivity contribution in [2.45, 2.75) is 44.6 Å². The standard InChI is InChI=1S/C20H26N2O2/c1-2-22-10-6-9-17(22)13-21-14-18-19(23)11-16(12-20(18)24)15-7-4-3-5-8-15/h3-5,7-8,14,16-17,23H,2,6,9-13H2,1H3/t16?,17-/m0/s1. The number of aliphatic hydroxyl groups is 1. The van der Waals surface area contributed by atoms with Crippen LogP contribution in [-0.2, 0) is 4.79 Å². The quantitative estimate of drug-likeness (QED) is 0.843. The number of hydrogen-bond acceptors (Lipinski definition) is 4. The Hall–Kier alpha value is -1.94. The Kier molecular flexibility index (Phi) is 5.46. The van der Waals surface area contributed by atoms with Gasteiger partial charge >= 0.3 is 0 Å². The first-order valence-electron chi connectivity index (χ1n) is 8.93. The molecule has 4 nitrogen and oxygen atoms in total. The number of aliphatic hydroxyl groups excluding tert-OH is 1. The second-order valence-electron chi connectivity index (χ2n) is 6.72. The van der Waals surface area contributed by atoms with E-state index < -0.39 is 0 Å². The molecule has 1 N–H and O–H groups in total. The van der Waals surface area contributed by atoms with Crippen LogP contribution in [0.1, 0.15) is 44.1 Å². The van der Waals surface area contributed by atoms with Crippen LogP contribution in [0.25, 0.3) is 0 Å². The van der Waals surface area contributed by atoms with Crippen LogP contribution in [0.15, 0.2) is 46.7 Å². The Bertz CT molecular complexity index is 636. The molecule has 1 aliphatic carbocycles. The zero-order valence-electron chi connectivity index (χ0n) is 14.3. The molecule has 0 spiro atoms. The molecule has 1 heterocycles. The summed E-state index contributed by atoms with van der Waals surface area (Å²) < 4.78 is 0. The van der Waals surface area contributed by atoms with Gasteiger partial charge in [-0.15, -0.1) is 0 Å². The van der Waals surface area contributed by atoms with Gasteiger partial charge in [-0.2, -0.15) is 0 Å². The van der Waals surface area contributed by atoms with Crippen LogP contribution in [-0.4, -0.2) is 47.7 Å². The van der Waals surface area contributed by atoms with Crippen LogP contribution in [0.2, 0.25) is 0 Å². The van der Waals surface area contributed by atoms with E-state index in [9.17, 15) is 9.90 Å². The maximum atomic E-state index is 12.4. The maximum absolute atomic E-state index is 12.4. The van der Waals surface area contributed by atoms with Crippen molar-refractivity contribution in [3.63, 3.8) is 0 Å². The molecule has 0 radical (unpaired) electrons. The molecule has 128 valence electrons. The van der Waals surface area contributed by atoms with Gasteiger partial charge in [0.25, 0.3) is 0 Å². The predicted octanol–water partition coefficient (Wildman–Crippen LogP) is 3.50. The monoisotopic (exact) mass is 326 g/mol. The fourth-order valence-electron chi connectivity index (χ4n) is 3.80. The number of nitrogens with zero attached hydrogens (tertiary/aromatic N) is 2. The van der Waals surface area contributed by atoms with Crippen LogP contribution in [0.5, 0.6) is 0 Å². The molecule has 0 bridgehead atoms. The number of likely N-dealkylation sites (N-methyl/N-ethyl adjacent to an activating group) is 1. The lowest BCUT2D eigenvalue weighted by Gasteiger charge is -2.23. The zero-order valence-corrected chi connectivity index (χ0v) is 14.3. The number of carbonyl (C=O) groups excluding carboxylic acids is 1. The maximum Gasteiger partial charge on any atom is 0.168 e. The van der Waals surface area contributed by atoms with E-state index in [1.807, 2.05) is 30.3 Å². The molecule has 1 aromatic carbocycles. The fourth-order valence-corrected chi connectivity index (χ4v) is 3.80. The van der Waals surface area contributed by atoms with E-state index in [-0.39, 0.29) is 17.5 Å². The molecule has 0 amide bonds. The molecular weight excluding hydrogens is 300 g/mol. The number of Topliss-reactive ketones (excluding diaryl/α,β-unsaturated/α-hetero) is 1. The van der Waals surface area contributed by atoms with Crippen molar-refractivity contribution < 1.29 is 9.90 Å². The highest BCUT2D eigenvalue weighted by Crippen LogP contribution is 2.32. The first-order chi connectivity index (χ1) is 11.7. The Morgan fingerprint density at radius 2 is 2.08 bits per heavy atom. The number of benzene rings is 1. The molecule has 24 heavy (non-hydrogen) atoms. The number of carbonyl (C=O) groups is 1. The van der Waals surface area contributed by atoms with Gasteiger partial charge in [0.15, 0.2) is 5.78 Å². The van der Waals surface area contributed by atoms with E-state index in [2.05, 4.69) is 16.8 Å².